The molecule has 4 atom stereocenters. The van der Waals surface area contributed by atoms with Crippen LogP contribution in [0.2, 0.25) is 0 Å². The fraction of sp³-hybridized carbons (Fsp3) is 0.733. The van der Waals surface area contributed by atoms with Crippen LogP contribution < -0.4 is 21.7 Å². The number of nitrogens with zero attached hydrogens (tertiary/aromatic N) is 3. The molecule has 2 fully saturated rings. The minimum Gasteiger partial charge on any atom is -0.382 e. The number of aromatic nitrogens is 2. The standard InChI is InChI=1S/C15H23FN6O2S/c1-4-5-25-14-18-12(17)9-13(19-14)22(21-20-9)8-6-7(16)10-11(8)24-15(2,3)23-10/h7-8,10-11,20-21H,4-6H2,1-3H3,(H2,17,18,19)/t7-,8+,10+,11-/m0/s1. The molecule has 138 valence electrons. The maximum Gasteiger partial charge on any atom is 0.191 e. The van der Waals surface area contributed by atoms with Gasteiger partial charge in [-0.05, 0) is 20.3 Å². The van der Waals surface area contributed by atoms with Crippen molar-refractivity contribution in [1.82, 2.24) is 15.5 Å². The Labute approximate surface area is 150 Å². The van der Waals surface area contributed by atoms with Crippen LogP contribution in [0.5, 0.6) is 0 Å². The third kappa shape index (κ3) is 2.90. The molecule has 0 amide bonds. The number of rotatable bonds is 4. The Morgan fingerprint density at radius 2 is 2.12 bits per heavy atom. The smallest absolute Gasteiger partial charge is 0.191 e. The van der Waals surface area contributed by atoms with Gasteiger partial charge >= 0.3 is 0 Å². The predicted octanol–water partition coefficient (Wildman–Crippen LogP) is 1.84. The lowest BCUT2D eigenvalue weighted by molar-refractivity contribution is -0.159. The Hall–Kier alpha value is -1.36. The van der Waals surface area contributed by atoms with Gasteiger partial charge in [-0.2, -0.15) is 0 Å². The molecular formula is C15H23FN6O2S. The van der Waals surface area contributed by atoms with Crippen LogP contribution in [-0.2, 0) is 9.47 Å². The van der Waals surface area contributed by atoms with E-state index in [1.807, 2.05) is 0 Å². The maximum absolute atomic E-state index is 14.5. The highest BCUT2D eigenvalue weighted by atomic mass is 32.2. The monoisotopic (exact) mass is 370 g/mol. The Morgan fingerprint density at radius 3 is 2.88 bits per heavy atom. The Bertz CT molecular complexity index is 678. The number of nitrogen functional groups attached to an aromatic ring is 1. The average Bonchev–Trinajstić information content (AvgIpc) is 3.18. The number of nitrogens with two attached hydrogens (primary N) is 1. The second-order valence-corrected chi connectivity index (χ2v) is 7.99. The summed E-state index contributed by atoms with van der Waals surface area (Å²) in [5, 5.41) is 2.41. The number of thioether (sulfide) groups is 1. The third-order valence-corrected chi connectivity index (χ3v) is 5.61. The molecule has 4 rings (SSSR count). The van der Waals surface area contributed by atoms with Crippen molar-refractivity contribution in [3.8, 4) is 0 Å². The number of alkyl halides is 1. The molecule has 25 heavy (non-hydrogen) atoms. The molecule has 1 aromatic heterocycles. The minimum atomic E-state index is -1.09. The van der Waals surface area contributed by atoms with E-state index >= 15 is 0 Å². The normalized spacial score (nSPS) is 32.6. The first-order chi connectivity index (χ1) is 11.9. The van der Waals surface area contributed by atoms with Gasteiger partial charge < -0.3 is 15.2 Å². The van der Waals surface area contributed by atoms with Crippen molar-refractivity contribution >= 4 is 29.1 Å². The molecule has 4 N–H and O–H groups in total. The summed E-state index contributed by atoms with van der Waals surface area (Å²) >= 11 is 1.55. The fourth-order valence-electron chi connectivity index (χ4n) is 3.55. The second kappa shape index (κ2) is 6.11. The Morgan fingerprint density at radius 1 is 1.36 bits per heavy atom. The van der Waals surface area contributed by atoms with Crippen molar-refractivity contribution in [2.24, 2.45) is 0 Å². The van der Waals surface area contributed by atoms with Crippen molar-refractivity contribution in [1.29, 1.82) is 0 Å². The van der Waals surface area contributed by atoms with Gasteiger partial charge in [-0.1, -0.05) is 18.7 Å². The summed E-state index contributed by atoms with van der Waals surface area (Å²) in [5.41, 5.74) is 12.7. The van der Waals surface area contributed by atoms with E-state index in [1.54, 1.807) is 30.6 Å². The van der Waals surface area contributed by atoms with Gasteiger partial charge in [0, 0.05) is 12.2 Å². The zero-order chi connectivity index (χ0) is 17.8. The average molecular weight is 370 g/mol. The highest BCUT2D eigenvalue weighted by Gasteiger charge is 2.57. The zero-order valence-corrected chi connectivity index (χ0v) is 15.3. The number of anilines is 3. The molecule has 1 saturated carbocycles. The number of hydrogen-bond acceptors (Lipinski definition) is 9. The van der Waals surface area contributed by atoms with Crippen LogP contribution in [0.25, 0.3) is 0 Å². The van der Waals surface area contributed by atoms with Crippen LogP contribution in [0.3, 0.4) is 0 Å². The number of halogens is 1. The summed E-state index contributed by atoms with van der Waals surface area (Å²) in [7, 11) is 0. The van der Waals surface area contributed by atoms with Crippen molar-refractivity contribution in [2.45, 2.75) is 69.0 Å². The molecule has 0 unspecified atom stereocenters. The van der Waals surface area contributed by atoms with Crippen molar-refractivity contribution in [3.05, 3.63) is 0 Å². The molecule has 1 saturated heterocycles. The molecule has 1 aliphatic carbocycles. The number of hydrazine groups is 2. The van der Waals surface area contributed by atoms with E-state index in [0.717, 1.165) is 12.2 Å². The summed E-state index contributed by atoms with van der Waals surface area (Å²) < 4.78 is 26.2. The van der Waals surface area contributed by atoms with E-state index in [0.29, 0.717) is 28.9 Å². The lowest BCUT2D eigenvalue weighted by Gasteiger charge is -2.29. The van der Waals surface area contributed by atoms with Crippen molar-refractivity contribution < 1.29 is 13.9 Å². The van der Waals surface area contributed by atoms with Crippen LogP contribution in [0, 0.1) is 0 Å². The second-order valence-electron chi connectivity index (χ2n) is 6.93. The van der Waals surface area contributed by atoms with Crippen molar-refractivity contribution in [3.63, 3.8) is 0 Å². The van der Waals surface area contributed by atoms with E-state index in [-0.39, 0.29) is 12.1 Å². The first-order valence-corrected chi connectivity index (χ1v) is 9.49. The van der Waals surface area contributed by atoms with Crippen LogP contribution in [0.15, 0.2) is 5.16 Å². The molecular weight excluding hydrogens is 347 g/mol. The van der Waals surface area contributed by atoms with Crippen LogP contribution in [0.1, 0.15) is 33.6 Å². The van der Waals surface area contributed by atoms with E-state index < -0.39 is 18.1 Å². The lowest BCUT2D eigenvalue weighted by atomic mass is 10.2. The molecule has 10 heteroatoms. The van der Waals surface area contributed by atoms with Gasteiger partial charge in [0.2, 0.25) is 0 Å². The Balaban J connectivity index is 1.63. The van der Waals surface area contributed by atoms with E-state index in [2.05, 4.69) is 27.9 Å². The van der Waals surface area contributed by atoms with Crippen LogP contribution in [-0.4, -0.2) is 45.9 Å². The maximum atomic E-state index is 14.5. The summed E-state index contributed by atoms with van der Waals surface area (Å²) in [6.07, 6.45) is -0.731. The van der Waals surface area contributed by atoms with Crippen LogP contribution >= 0.6 is 11.8 Å². The molecule has 0 aromatic carbocycles. The molecule has 1 aromatic rings. The number of nitrogens with one attached hydrogen (secondary N) is 2. The summed E-state index contributed by atoms with van der Waals surface area (Å²) in [6.45, 7) is 5.70. The highest BCUT2D eigenvalue weighted by Crippen LogP contribution is 2.44. The van der Waals surface area contributed by atoms with Gasteiger partial charge in [0.25, 0.3) is 0 Å². The van der Waals surface area contributed by atoms with Gasteiger partial charge in [-0.15, -0.1) is 5.53 Å². The van der Waals surface area contributed by atoms with E-state index in [9.17, 15) is 4.39 Å². The van der Waals surface area contributed by atoms with Gasteiger partial charge in [0.1, 0.15) is 24.1 Å². The third-order valence-electron chi connectivity index (χ3n) is 4.56. The van der Waals surface area contributed by atoms with Gasteiger partial charge in [-0.3, -0.25) is 10.4 Å². The van der Waals surface area contributed by atoms with Gasteiger partial charge in [0.15, 0.2) is 22.6 Å². The molecule has 0 radical (unpaired) electrons. The number of hydrogen-bond donors (Lipinski definition) is 3. The van der Waals surface area contributed by atoms with E-state index in [1.165, 1.54) is 0 Å². The highest BCUT2D eigenvalue weighted by molar-refractivity contribution is 7.99. The molecule has 3 aliphatic rings. The molecule has 0 bridgehead atoms. The number of ether oxygens (including phenoxy) is 2. The van der Waals surface area contributed by atoms with Crippen molar-refractivity contribution in [2.75, 3.05) is 21.9 Å². The first kappa shape index (κ1) is 17.1. The van der Waals surface area contributed by atoms with Gasteiger partial charge in [-0.25, -0.2) is 14.4 Å². The quantitative estimate of drug-likeness (QED) is 0.542. The summed E-state index contributed by atoms with van der Waals surface area (Å²) in [6, 6.07) is -0.256. The summed E-state index contributed by atoms with van der Waals surface area (Å²) in [4.78, 5) is 8.93. The van der Waals surface area contributed by atoms with E-state index in [4.69, 9.17) is 15.2 Å². The largest absolute Gasteiger partial charge is 0.382 e. The minimum absolute atomic E-state index is 0.256. The van der Waals surface area contributed by atoms with Gasteiger partial charge in [0.05, 0.1) is 6.04 Å². The SMILES string of the molecule is CCCSc1nc(N)c2c(n1)N([C@@H]1C[C@H](F)[C@H]3OC(C)(C)O[C@H]31)NN2. The summed E-state index contributed by atoms with van der Waals surface area (Å²) in [5.74, 6) is 1.11. The predicted molar refractivity (Wildman–Crippen MR) is 93.8 cm³/mol. The molecule has 2 aliphatic heterocycles. The molecule has 0 spiro atoms. The number of fused-ring (bicyclic) bond motifs is 2. The lowest BCUT2D eigenvalue weighted by Crippen LogP contribution is -2.50. The topological polar surface area (TPSA) is 97.6 Å². The van der Waals surface area contributed by atoms with Crippen LogP contribution in [0.4, 0.5) is 21.7 Å². The zero-order valence-electron chi connectivity index (χ0n) is 14.5. The Kier molecular flexibility index (Phi) is 4.18. The molecule has 3 heterocycles. The fourth-order valence-corrected chi connectivity index (χ4v) is 4.25. The first-order valence-electron chi connectivity index (χ1n) is 8.50. The molecule has 8 nitrogen and oxygen atoms in total.